The van der Waals surface area contributed by atoms with Crippen LogP contribution in [0.1, 0.15) is 21.8 Å². The van der Waals surface area contributed by atoms with Gasteiger partial charge in [0.25, 0.3) is 11.6 Å². The minimum absolute atomic E-state index is 0.0384. The Balaban J connectivity index is 1.80. The summed E-state index contributed by atoms with van der Waals surface area (Å²) in [7, 11) is 1.62. The normalized spacial score (nSPS) is 11.0. The van der Waals surface area contributed by atoms with Gasteiger partial charge < -0.3 is 9.73 Å². The van der Waals surface area contributed by atoms with Gasteiger partial charge in [-0.3, -0.25) is 24.6 Å². The maximum Gasteiger partial charge on any atom is 0.288 e. The lowest BCUT2D eigenvalue weighted by atomic mass is 10.2. The lowest BCUT2D eigenvalue weighted by Crippen LogP contribution is -2.25. The molecule has 0 aliphatic heterocycles. The van der Waals surface area contributed by atoms with E-state index in [0.717, 1.165) is 0 Å². The molecule has 0 atom stereocenters. The van der Waals surface area contributed by atoms with Crippen LogP contribution in [0.25, 0.3) is 0 Å². The van der Waals surface area contributed by atoms with Gasteiger partial charge in [0.1, 0.15) is 16.5 Å². The summed E-state index contributed by atoms with van der Waals surface area (Å²) in [6.45, 7) is 0.226. The van der Waals surface area contributed by atoms with Gasteiger partial charge in [0.2, 0.25) is 0 Å². The summed E-state index contributed by atoms with van der Waals surface area (Å²) in [5, 5.41) is 17.8. The Hall–Kier alpha value is -3.46. The third kappa shape index (κ3) is 4.21. The third-order valence-corrected chi connectivity index (χ3v) is 3.98. The highest BCUT2D eigenvalue weighted by Gasteiger charge is 2.17. The molecule has 138 valence electrons. The van der Waals surface area contributed by atoms with Crippen molar-refractivity contribution >= 4 is 35.1 Å². The number of amides is 1. The van der Waals surface area contributed by atoms with E-state index in [9.17, 15) is 14.9 Å². The molecule has 1 N–H and O–H groups in total. The van der Waals surface area contributed by atoms with Gasteiger partial charge in [0.15, 0.2) is 5.69 Å². The third-order valence-electron chi connectivity index (χ3n) is 3.66. The van der Waals surface area contributed by atoms with Crippen molar-refractivity contribution in [2.75, 3.05) is 0 Å². The first-order valence-electron chi connectivity index (χ1n) is 7.76. The molecule has 3 rings (SSSR count). The van der Waals surface area contributed by atoms with Crippen LogP contribution in [0, 0.1) is 10.1 Å². The lowest BCUT2D eigenvalue weighted by Gasteiger charge is -2.04. The quantitative estimate of drug-likeness (QED) is 0.396. The highest BCUT2D eigenvalue weighted by atomic mass is 35.5. The minimum Gasteiger partial charge on any atom is -0.467 e. The van der Waals surface area contributed by atoms with E-state index in [1.54, 1.807) is 25.2 Å². The van der Waals surface area contributed by atoms with E-state index in [1.807, 2.05) is 0 Å². The number of furan rings is 1. The van der Waals surface area contributed by atoms with Crippen molar-refractivity contribution in [1.82, 2.24) is 15.1 Å². The van der Waals surface area contributed by atoms with Crippen LogP contribution < -0.4 is 5.32 Å². The standard InChI is InChI=1S/C17H14ClN5O4/c1-22-16(17(24)20-9-12-3-2-6-27-12)14(10-21-22)19-8-11-4-5-13(18)15(7-11)23(25)26/h2-8,10H,9H2,1H3,(H,20,24). The summed E-state index contributed by atoms with van der Waals surface area (Å²) < 4.78 is 6.57. The van der Waals surface area contributed by atoms with E-state index in [4.69, 9.17) is 16.0 Å². The number of aryl methyl sites for hydroxylation is 1. The molecule has 0 aliphatic carbocycles. The van der Waals surface area contributed by atoms with Crippen LogP contribution >= 0.6 is 11.6 Å². The second-order valence-corrected chi connectivity index (χ2v) is 5.90. The predicted octanol–water partition coefficient (Wildman–Crippen LogP) is 3.26. The fourth-order valence-electron chi connectivity index (χ4n) is 2.34. The predicted molar refractivity (Wildman–Crippen MR) is 98.4 cm³/mol. The van der Waals surface area contributed by atoms with Crippen molar-refractivity contribution in [3.8, 4) is 0 Å². The Bertz CT molecular complexity index is 1010. The molecular formula is C17H14ClN5O4. The van der Waals surface area contributed by atoms with Crippen molar-refractivity contribution < 1.29 is 14.1 Å². The number of carbonyl (C=O) groups is 1. The van der Waals surface area contributed by atoms with E-state index in [1.165, 1.54) is 35.5 Å². The van der Waals surface area contributed by atoms with Gasteiger partial charge in [0.05, 0.1) is 23.9 Å². The Labute approximate surface area is 158 Å². The minimum atomic E-state index is -0.572. The van der Waals surface area contributed by atoms with Crippen LogP contribution in [0.3, 0.4) is 0 Å². The summed E-state index contributed by atoms with van der Waals surface area (Å²) in [6.07, 6.45) is 4.36. The molecule has 9 nitrogen and oxygen atoms in total. The molecule has 0 aliphatic rings. The molecule has 0 bridgehead atoms. The Morgan fingerprint density at radius 1 is 1.48 bits per heavy atom. The fraction of sp³-hybridized carbons (Fsp3) is 0.118. The van der Waals surface area contributed by atoms with E-state index >= 15 is 0 Å². The number of nitrogens with one attached hydrogen (secondary N) is 1. The first-order valence-corrected chi connectivity index (χ1v) is 8.14. The van der Waals surface area contributed by atoms with Crippen LogP contribution in [0.4, 0.5) is 11.4 Å². The molecule has 0 radical (unpaired) electrons. The van der Waals surface area contributed by atoms with Gasteiger partial charge in [-0.1, -0.05) is 17.7 Å². The first kappa shape index (κ1) is 18.3. The Morgan fingerprint density at radius 3 is 3.00 bits per heavy atom. The number of hydrogen-bond donors (Lipinski definition) is 1. The molecule has 2 heterocycles. The first-order chi connectivity index (χ1) is 13.0. The largest absolute Gasteiger partial charge is 0.467 e. The molecule has 1 amide bonds. The molecule has 0 saturated carbocycles. The average Bonchev–Trinajstić information content (AvgIpc) is 3.28. The highest BCUT2D eigenvalue weighted by Crippen LogP contribution is 2.25. The molecule has 0 unspecified atom stereocenters. The summed E-state index contributed by atoms with van der Waals surface area (Å²) in [5.74, 6) is 0.240. The van der Waals surface area contributed by atoms with Crippen molar-refractivity contribution in [2.24, 2.45) is 12.0 Å². The molecular weight excluding hydrogens is 374 g/mol. The van der Waals surface area contributed by atoms with Crippen molar-refractivity contribution in [1.29, 1.82) is 0 Å². The van der Waals surface area contributed by atoms with Crippen LogP contribution in [0.2, 0.25) is 5.02 Å². The fourth-order valence-corrected chi connectivity index (χ4v) is 2.53. The number of benzene rings is 1. The summed E-state index contributed by atoms with van der Waals surface area (Å²) in [6, 6.07) is 7.79. The molecule has 1 aromatic carbocycles. The molecule has 3 aromatic rings. The van der Waals surface area contributed by atoms with Gasteiger partial charge in [0, 0.05) is 19.3 Å². The number of aliphatic imine (C=N–C) groups is 1. The molecule has 0 fully saturated rings. The van der Waals surface area contributed by atoms with E-state index in [0.29, 0.717) is 17.0 Å². The topological polar surface area (TPSA) is 116 Å². The van der Waals surface area contributed by atoms with E-state index in [2.05, 4.69) is 15.4 Å². The van der Waals surface area contributed by atoms with Crippen molar-refractivity contribution in [3.05, 3.63) is 74.9 Å². The number of nitrogens with zero attached hydrogens (tertiary/aromatic N) is 4. The zero-order valence-electron chi connectivity index (χ0n) is 14.1. The number of halogens is 1. The van der Waals surface area contributed by atoms with Gasteiger partial charge in [-0.05, 0) is 23.8 Å². The molecule has 0 spiro atoms. The Morgan fingerprint density at radius 2 is 2.30 bits per heavy atom. The van der Waals surface area contributed by atoms with Crippen LogP contribution in [-0.2, 0) is 13.6 Å². The number of carbonyl (C=O) groups excluding carboxylic acids is 1. The number of hydrogen-bond acceptors (Lipinski definition) is 6. The summed E-state index contributed by atoms with van der Waals surface area (Å²) >= 11 is 5.80. The van der Waals surface area contributed by atoms with Gasteiger partial charge >= 0.3 is 0 Å². The number of rotatable bonds is 6. The summed E-state index contributed by atoms with van der Waals surface area (Å²) in [5.41, 5.74) is 0.827. The second-order valence-electron chi connectivity index (χ2n) is 5.49. The molecule has 27 heavy (non-hydrogen) atoms. The SMILES string of the molecule is Cn1ncc(N=Cc2ccc(Cl)c([N+](=O)[O-])c2)c1C(=O)NCc1ccco1. The molecule has 0 saturated heterocycles. The van der Waals surface area contributed by atoms with Crippen LogP contribution in [0.5, 0.6) is 0 Å². The molecule has 10 heteroatoms. The van der Waals surface area contributed by atoms with Crippen molar-refractivity contribution in [3.63, 3.8) is 0 Å². The van der Waals surface area contributed by atoms with E-state index in [-0.39, 0.29) is 28.9 Å². The smallest absolute Gasteiger partial charge is 0.288 e. The van der Waals surface area contributed by atoms with Crippen molar-refractivity contribution in [2.45, 2.75) is 6.54 Å². The zero-order chi connectivity index (χ0) is 19.4. The van der Waals surface area contributed by atoms with Gasteiger partial charge in [-0.25, -0.2) is 0 Å². The Kier molecular flexibility index (Phi) is 5.32. The maximum atomic E-state index is 12.4. The van der Waals surface area contributed by atoms with Gasteiger partial charge in [-0.15, -0.1) is 0 Å². The monoisotopic (exact) mass is 387 g/mol. The van der Waals surface area contributed by atoms with Crippen LogP contribution in [0.15, 0.2) is 52.2 Å². The second kappa shape index (κ2) is 7.83. The van der Waals surface area contributed by atoms with Crippen LogP contribution in [-0.4, -0.2) is 26.8 Å². The van der Waals surface area contributed by atoms with E-state index < -0.39 is 4.92 Å². The zero-order valence-corrected chi connectivity index (χ0v) is 14.9. The number of aromatic nitrogens is 2. The molecule has 2 aromatic heterocycles. The number of nitro benzene ring substituents is 1. The lowest BCUT2D eigenvalue weighted by molar-refractivity contribution is -0.384. The highest BCUT2D eigenvalue weighted by molar-refractivity contribution is 6.32. The summed E-state index contributed by atoms with van der Waals surface area (Å²) in [4.78, 5) is 27.1. The average molecular weight is 388 g/mol. The van der Waals surface area contributed by atoms with Gasteiger partial charge in [-0.2, -0.15) is 5.10 Å². The number of nitro groups is 1. The maximum absolute atomic E-state index is 12.4.